The van der Waals surface area contributed by atoms with Crippen LogP contribution in [0.5, 0.6) is 11.5 Å². The van der Waals surface area contributed by atoms with Gasteiger partial charge in [-0.2, -0.15) is 0 Å². The van der Waals surface area contributed by atoms with Crippen molar-refractivity contribution in [3.05, 3.63) is 59.2 Å². The topological polar surface area (TPSA) is 91.3 Å². The minimum atomic E-state index is -0.576. The van der Waals surface area contributed by atoms with Crippen molar-refractivity contribution < 1.29 is 24.2 Å². The molecule has 2 amide bonds. The summed E-state index contributed by atoms with van der Waals surface area (Å²) >= 11 is 0. The SMILES string of the molecule is COCc1cc(CN2CCN3C(=O)[C@H](Cc4ccc(O)cc4)NC(=O)[C@H]3C2)ccc1OC. The number of piperazine rings is 2. The molecule has 2 heterocycles. The largest absolute Gasteiger partial charge is 0.508 e. The molecule has 2 aromatic carbocycles. The van der Waals surface area contributed by atoms with Crippen molar-refractivity contribution in [3.63, 3.8) is 0 Å². The smallest absolute Gasteiger partial charge is 0.246 e. The highest BCUT2D eigenvalue weighted by molar-refractivity contribution is 5.97. The number of carbonyl (C=O) groups excluding carboxylic acids is 2. The van der Waals surface area contributed by atoms with Gasteiger partial charge in [-0.3, -0.25) is 14.5 Å². The molecule has 8 heteroatoms. The van der Waals surface area contributed by atoms with Crippen molar-refractivity contribution >= 4 is 11.8 Å². The van der Waals surface area contributed by atoms with Crippen LogP contribution in [0.25, 0.3) is 0 Å². The standard InChI is InChI=1S/C24H29N3O5/c1-31-15-18-11-17(5-8-22(18)32-2)13-26-9-10-27-21(14-26)23(29)25-20(24(27)30)12-16-3-6-19(28)7-4-16/h3-8,11,20-21,28H,9-10,12-15H2,1-2H3,(H,25,29)/t20-,21+/m0/s1. The molecule has 0 aromatic heterocycles. The number of phenolic OH excluding ortho intramolecular Hbond substituents is 1. The summed E-state index contributed by atoms with van der Waals surface area (Å²) in [4.78, 5) is 29.8. The van der Waals surface area contributed by atoms with E-state index in [-0.39, 0.29) is 17.6 Å². The van der Waals surface area contributed by atoms with Crippen LogP contribution in [0.4, 0.5) is 0 Å². The van der Waals surface area contributed by atoms with Crippen LogP contribution in [0.1, 0.15) is 16.7 Å². The number of hydrogen-bond acceptors (Lipinski definition) is 6. The number of phenols is 1. The lowest BCUT2D eigenvalue weighted by molar-refractivity contribution is -0.153. The lowest BCUT2D eigenvalue weighted by Crippen LogP contribution is -2.69. The van der Waals surface area contributed by atoms with Crippen LogP contribution in [0, 0.1) is 0 Å². The number of methoxy groups -OCH3 is 2. The molecule has 2 aromatic rings. The van der Waals surface area contributed by atoms with E-state index in [0.717, 1.165) is 22.4 Å². The van der Waals surface area contributed by atoms with E-state index in [1.54, 1.807) is 43.4 Å². The molecule has 32 heavy (non-hydrogen) atoms. The highest BCUT2D eigenvalue weighted by atomic mass is 16.5. The van der Waals surface area contributed by atoms with Crippen LogP contribution in [-0.2, 0) is 33.9 Å². The predicted octanol–water partition coefficient (Wildman–Crippen LogP) is 1.30. The highest BCUT2D eigenvalue weighted by Gasteiger charge is 2.43. The first-order valence-corrected chi connectivity index (χ1v) is 10.7. The molecule has 0 spiro atoms. The second-order valence-corrected chi connectivity index (χ2v) is 8.29. The Morgan fingerprint density at radius 3 is 2.53 bits per heavy atom. The summed E-state index contributed by atoms with van der Waals surface area (Å²) < 4.78 is 10.7. The van der Waals surface area contributed by atoms with Gasteiger partial charge in [0.1, 0.15) is 23.6 Å². The van der Waals surface area contributed by atoms with Crippen molar-refractivity contribution in [1.29, 1.82) is 0 Å². The van der Waals surface area contributed by atoms with E-state index in [9.17, 15) is 14.7 Å². The Kier molecular flexibility index (Phi) is 6.62. The van der Waals surface area contributed by atoms with Gasteiger partial charge in [0, 0.05) is 45.3 Å². The monoisotopic (exact) mass is 439 g/mol. The first-order valence-electron chi connectivity index (χ1n) is 10.7. The summed E-state index contributed by atoms with van der Waals surface area (Å²) in [6.07, 6.45) is 0.409. The zero-order valence-electron chi connectivity index (χ0n) is 18.4. The third-order valence-electron chi connectivity index (χ3n) is 6.09. The van der Waals surface area contributed by atoms with Crippen molar-refractivity contribution in [2.24, 2.45) is 0 Å². The number of rotatable bonds is 7. The first kappa shape index (κ1) is 22.1. The number of fused-ring (bicyclic) bond motifs is 1. The van der Waals surface area contributed by atoms with Gasteiger partial charge in [0.25, 0.3) is 0 Å². The molecule has 170 valence electrons. The zero-order chi connectivity index (χ0) is 22.7. The number of carbonyl (C=O) groups is 2. The molecule has 2 N–H and O–H groups in total. The van der Waals surface area contributed by atoms with Gasteiger partial charge in [-0.05, 0) is 35.4 Å². The third kappa shape index (κ3) is 4.71. The van der Waals surface area contributed by atoms with Gasteiger partial charge in [0.15, 0.2) is 0 Å². The van der Waals surface area contributed by atoms with E-state index in [2.05, 4.69) is 16.3 Å². The molecule has 2 aliphatic heterocycles. The maximum Gasteiger partial charge on any atom is 0.246 e. The summed E-state index contributed by atoms with van der Waals surface area (Å²) in [5.74, 6) is 0.800. The fourth-order valence-electron chi connectivity index (χ4n) is 4.46. The quantitative estimate of drug-likeness (QED) is 0.676. The van der Waals surface area contributed by atoms with Crippen LogP contribution in [0.3, 0.4) is 0 Å². The van der Waals surface area contributed by atoms with Gasteiger partial charge < -0.3 is 24.8 Å². The van der Waals surface area contributed by atoms with E-state index in [4.69, 9.17) is 9.47 Å². The van der Waals surface area contributed by atoms with E-state index >= 15 is 0 Å². The molecule has 0 aliphatic carbocycles. The number of amides is 2. The zero-order valence-corrected chi connectivity index (χ0v) is 18.4. The van der Waals surface area contributed by atoms with E-state index < -0.39 is 12.1 Å². The summed E-state index contributed by atoms with van der Waals surface area (Å²) in [7, 11) is 3.29. The van der Waals surface area contributed by atoms with E-state index in [1.807, 2.05) is 12.1 Å². The molecule has 2 saturated heterocycles. The Labute approximate surface area is 187 Å². The molecule has 2 fully saturated rings. The van der Waals surface area contributed by atoms with Crippen molar-refractivity contribution in [1.82, 2.24) is 15.1 Å². The van der Waals surface area contributed by atoms with Crippen LogP contribution < -0.4 is 10.1 Å². The Morgan fingerprint density at radius 1 is 1.06 bits per heavy atom. The molecule has 0 bridgehead atoms. The fourth-order valence-corrected chi connectivity index (χ4v) is 4.46. The van der Waals surface area contributed by atoms with Gasteiger partial charge >= 0.3 is 0 Å². The lowest BCUT2D eigenvalue weighted by atomic mass is 9.98. The molecule has 0 radical (unpaired) electrons. The second-order valence-electron chi connectivity index (χ2n) is 8.29. The summed E-state index contributed by atoms with van der Waals surface area (Å²) in [5, 5.41) is 12.3. The average molecular weight is 440 g/mol. The molecule has 0 saturated carbocycles. The van der Waals surface area contributed by atoms with Gasteiger partial charge in [0.05, 0.1) is 13.7 Å². The number of benzene rings is 2. The van der Waals surface area contributed by atoms with E-state index in [1.165, 1.54) is 0 Å². The van der Waals surface area contributed by atoms with Crippen LogP contribution in [-0.4, -0.2) is 72.7 Å². The maximum atomic E-state index is 13.0. The Morgan fingerprint density at radius 2 is 1.81 bits per heavy atom. The Balaban J connectivity index is 1.40. The lowest BCUT2D eigenvalue weighted by Gasteiger charge is -2.45. The van der Waals surface area contributed by atoms with Crippen molar-refractivity contribution in [2.75, 3.05) is 33.9 Å². The van der Waals surface area contributed by atoms with Crippen LogP contribution in [0.2, 0.25) is 0 Å². The first-order chi connectivity index (χ1) is 15.5. The van der Waals surface area contributed by atoms with Crippen LogP contribution in [0.15, 0.2) is 42.5 Å². The summed E-state index contributed by atoms with van der Waals surface area (Å²) in [6, 6.07) is 11.7. The molecular weight excluding hydrogens is 410 g/mol. The Bertz CT molecular complexity index is 978. The predicted molar refractivity (Wildman–Crippen MR) is 118 cm³/mol. The summed E-state index contributed by atoms with van der Waals surface area (Å²) in [5.41, 5.74) is 2.98. The third-order valence-corrected chi connectivity index (χ3v) is 6.09. The van der Waals surface area contributed by atoms with Gasteiger partial charge in [-0.15, -0.1) is 0 Å². The highest BCUT2D eigenvalue weighted by Crippen LogP contribution is 2.24. The normalized spacial score (nSPS) is 21.2. The maximum absolute atomic E-state index is 13.0. The average Bonchev–Trinajstić information content (AvgIpc) is 2.79. The number of hydrogen-bond donors (Lipinski definition) is 2. The minimum Gasteiger partial charge on any atom is -0.508 e. The second kappa shape index (κ2) is 9.58. The molecule has 2 aliphatic rings. The Hall–Kier alpha value is -3.10. The number of nitrogens with one attached hydrogen (secondary N) is 1. The number of nitrogens with zero attached hydrogens (tertiary/aromatic N) is 2. The van der Waals surface area contributed by atoms with Gasteiger partial charge in [0.2, 0.25) is 11.8 Å². The number of aromatic hydroxyl groups is 1. The minimum absolute atomic E-state index is 0.0471. The number of ether oxygens (including phenoxy) is 2. The molecular formula is C24H29N3O5. The van der Waals surface area contributed by atoms with E-state index in [0.29, 0.717) is 39.2 Å². The fraction of sp³-hybridized carbons (Fsp3) is 0.417. The van der Waals surface area contributed by atoms with Gasteiger partial charge in [-0.25, -0.2) is 0 Å². The molecule has 0 unspecified atom stereocenters. The van der Waals surface area contributed by atoms with Gasteiger partial charge in [-0.1, -0.05) is 18.2 Å². The van der Waals surface area contributed by atoms with Crippen LogP contribution >= 0.6 is 0 Å². The summed E-state index contributed by atoms with van der Waals surface area (Å²) in [6.45, 7) is 2.86. The molecule has 4 rings (SSSR count). The van der Waals surface area contributed by atoms with Crippen molar-refractivity contribution in [2.45, 2.75) is 31.7 Å². The van der Waals surface area contributed by atoms with Crippen molar-refractivity contribution in [3.8, 4) is 11.5 Å². The molecule has 2 atom stereocenters. The molecule has 8 nitrogen and oxygen atoms in total.